The molecule has 1 N–H and O–H groups in total. The maximum atomic E-state index is 13.5. The Hall–Kier alpha value is -2.68. The van der Waals surface area contributed by atoms with Gasteiger partial charge >= 0.3 is 0 Å². The van der Waals surface area contributed by atoms with Crippen molar-refractivity contribution in [2.24, 2.45) is 0 Å². The van der Waals surface area contributed by atoms with E-state index in [1.807, 2.05) is 0 Å². The summed E-state index contributed by atoms with van der Waals surface area (Å²) in [5, 5.41) is 6.31. The van der Waals surface area contributed by atoms with Crippen LogP contribution in [0.25, 0.3) is 11.4 Å². The van der Waals surface area contributed by atoms with E-state index >= 15 is 0 Å². The number of aromatic nitrogens is 3. The molecule has 0 bridgehead atoms. The van der Waals surface area contributed by atoms with Crippen LogP contribution in [0.1, 0.15) is 5.89 Å². The van der Waals surface area contributed by atoms with Crippen molar-refractivity contribution in [3.63, 3.8) is 0 Å². The van der Waals surface area contributed by atoms with Gasteiger partial charge in [0.1, 0.15) is 5.69 Å². The minimum Gasteiger partial charge on any atom is -0.371 e. The number of halogens is 5. The number of nitrogens with zero attached hydrogens (tertiary/aromatic N) is 3. The van der Waals surface area contributed by atoms with E-state index in [-0.39, 0.29) is 18.3 Å². The molecule has 0 saturated carbocycles. The largest absolute Gasteiger partial charge is 0.371 e. The molecule has 0 aliphatic carbocycles. The first-order valence-corrected chi connectivity index (χ1v) is 6.86. The third-order valence-electron chi connectivity index (χ3n) is 2.96. The average molecular weight is 359 g/mol. The molecule has 0 fully saturated rings. The lowest BCUT2D eigenvalue weighted by molar-refractivity contribution is 0.381. The lowest BCUT2D eigenvalue weighted by Gasteiger charge is -2.06. The maximum absolute atomic E-state index is 13.5. The van der Waals surface area contributed by atoms with Gasteiger partial charge in [-0.2, -0.15) is 27.5 Å². The highest BCUT2D eigenvalue weighted by atomic mass is 35.5. The van der Waals surface area contributed by atoms with Crippen molar-refractivity contribution in [1.82, 2.24) is 15.1 Å². The predicted octanol–water partition coefficient (Wildman–Crippen LogP) is 3.95. The second-order valence-corrected chi connectivity index (χ2v) is 5.01. The van der Waals surface area contributed by atoms with Gasteiger partial charge in [-0.05, 0) is 12.1 Å². The van der Waals surface area contributed by atoms with Crippen LogP contribution in [0.3, 0.4) is 0 Å². The highest BCUT2D eigenvalue weighted by Crippen LogP contribution is 2.23. The van der Waals surface area contributed by atoms with Crippen LogP contribution in [-0.4, -0.2) is 15.1 Å². The number of benzene rings is 1. The van der Waals surface area contributed by atoms with Gasteiger partial charge in [0.15, 0.2) is 0 Å². The topological polar surface area (TPSA) is 63.8 Å². The predicted molar refractivity (Wildman–Crippen MR) is 76.1 cm³/mol. The van der Waals surface area contributed by atoms with Crippen molar-refractivity contribution in [3.8, 4) is 11.4 Å². The summed E-state index contributed by atoms with van der Waals surface area (Å²) in [6, 6.07) is 6.61. The zero-order chi connectivity index (χ0) is 17.3. The van der Waals surface area contributed by atoms with Gasteiger partial charge in [0, 0.05) is 10.6 Å². The molecule has 1 aromatic carbocycles. The minimum atomic E-state index is -1.76. The number of rotatable bonds is 4. The molecule has 10 heteroatoms. The zero-order valence-electron chi connectivity index (χ0n) is 11.7. The molecule has 0 aliphatic rings. The monoisotopic (exact) mass is 358 g/mol. The van der Waals surface area contributed by atoms with Crippen LogP contribution in [0, 0.1) is 23.5 Å². The summed E-state index contributed by atoms with van der Waals surface area (Å²) >= 11 is 5.85. The van der Waals surface area contributed by atoms with Gasteiger partial charge in [0.05, 0.1) is 6.54 Å². The molecular weight excluding hydrogens is 352 g/mol. The quantitative estimate of drug-likeness (QED) is 0.565. The van der Waals surface area contributed by atoms with E-state index in [1.165, 1.54) is 0 Å². The fourth-order valence-corrected chi connectivity index (χ4v) is 2.07. The van der Waals surface area contributed by atoms with Crippen molar-refractivity contribution < 1.29 is 22.1 Å². The van der Waals surface area contributed by atoms with Crippen LogP contribution in [-0.2, 0) is 6.54 Å². The van der Waals surface area contributed by atoms with Crippen LogP contribution < -0.4 is 5.32 Å². The second kappa shape index (κ2) is 6.44. The molecule has 2 heterocycles. The lowest BCUT2D eigenvalue weighted by Crippen LogP contribution is -2.09. The molecule has 3 aromatic rings. The Morgan fingerprint density at radius 2 is 1.75 bits per heavy atom. The number of nitrogens with one attached hydrogen (secondary N) is 1. The molecule has 0 unspecified atom stereocenters. The Labute approximate surface area is 137 Å². The average Bonchev–Trinajstić information content (AvgIpc) is 3.02. The molecule has 124 valence electrons. The fraction of sp³-hybridized carbons (Fsp3) is 0.0714. The second-order valence-electron chi connectivity index (χ2n) is 4.57. The minimum absolute atomic E-state index is 0.0543. The number of hydrogen-bond donors (Lipinski definition) is 1. The van der Waals surface area contributed by atoms with Crippen LogP contribution in [0.2, 0.25) is 5.02 Å². The molecular formula is C14H7ClF4N4O. The summed E-state index contributed by atoms with van der Waals surface area (Å²) in [4.78, 5) is 6.45. The van der Waals surface area contributed by atoms with Gasteiger partial charge in [0.25, 0.3) is 11.9 Å². The van der Waals surface area contributed by atoms with E-state index in [0.717, 1.165) is 0 Å². The van der Waals surface area contributed by atoms with Gasteiger partial charge in [-0.15, -0.1) is 0 Å². The van der Waals surface area contributed by atoms with E-state index in [2.05, 4.69) is 20.4 Å². The Kier molecular flexibility index (Phi) is 4.34. The molecule has 0 spiro atoms. The summed E-state index contributed by atoms with van der Waals surface area (Å²) in [7, 11) is 0. The first-order chi connectivity index (χ1) is 11.5. The highest BCUT2D eigenvalue weighted by Gasteiger charge is 2.21. The third-order valence-corrected chi connectivity index (χ3v) is 3.20. The summed E-state index contributed by atoms with van der Waals surface area (Å²) in [5.41, 5.74) is -0.446. The molecule has 0 aliphatic heterocycles. The van der Waals surface area contributed by atoms with Gasteiger partial charge < -0.3 is 9.84 Å². The fourth-order valence-electron chi connectivity index (χ4n) is 1.88. The van der Waals surface area contributed by atoms with Crippen molar-refractivity contribution in [3.05, 3.63) is 58.7 Å². The van der Waals surface area contributed by atoms with E-state index in [1.54, 1.807) is 24.3 Å². The van der Waals surface area contributed by atoms with Crippen molar-refractivity contribution in [1.29, 1.82) is 0 Å². The molecule has 5 nitrogen and oxygen atoms in total. The van der Waals surface area contributed by atoms with Crippen LogP contribution in [0.5, 0.6) is 0 Å². The molecule has 0 radical (unpaired) electrons. The van der Waals surface area contributed by atoms with E-state index in [9.17, 15) is 17.6 Å². The first kappa shape index (κ1) is 16.2. The standard InChI is InChI=1S/C14H7ClF4N4O/c15-7-3-1-2-6(4-7)14-21-8(24-23-14)5-20-11-9(16)12(18)22-13(19)10(11)17/h1-4H,5H2,(H,20,22). The molecule has 3 rings (SSSR count). The Bertz CT molecular complexity index is 876. The number of pyridine rings is 1. The Morgan fingerprint density at radius 3 is 2.42 bits per heavy atom. The molecule has 0 amide bonds. The number of hydrogen-bond acceptors (Lipinski definition) is 5. The SMILES string of the molecule is Fc1nc(F)c(F)c(NCc2nc(-c3cccc(Cl)c3)no2)c1F. The molecule has 2 aromatic heterocycles. The molecule has 0 atom stereocenters. The molecule has 24 heavy (non-hydrogen) atoms. The smallest absolute Gasteiger partial charge is 0.253 e. The summed E-state index contributed by atoms with van der Waals surface area (Å²) in [5.74, 6) is -6.68. The Balaban J connectivity index is 1.80. The van der Waals surface area contributed by atoms with E-state index in [4.69, 9.17) is 16.1 Å². The highest BCUT2D eigenvalue weighted by molar-refractivity contribution is 6.30. The summed E-state index contributed by atoms with van der Waals surface area (Å²) < 4.78 is 57.9. The van der Waals surface area contributed by atoms with Gasteiger partial charge in [-0.25, -0.2) is 0 Å². The van der Waals surface area contributed by atoms with Crippen LogP contribution in [0.4, 0.5) is 23.2 Å². The van der Waals surface area contributed by atoms with Crippen molar-refractivity contribution >= 4 is 17.3 Å². The first-order valence-electron chi connectivity index (χ1n) is 6.48. The third kappa shape index (κ3) is 3.16. The molecule has 0 saturated heterocycles. The van der Waals surface area contributed by atoms with E-state index < -0.39 is 29.2 Å². The van der Waals surface area contributed by atoms with Gasteiger partial charge in [0.2, 0.25) is 23.3 Å². The van der Waals surface area contributed by atoms with Gasteiger partial charge in [-0.1, -0.05) is 28.9 Å². The van der Waals surface area contributed by atoms with Crippen LogP contribution in [0.15, 0.2) is 28.8 Å². The lowest BCUT2D eigenvalue weighted by atomic mass is 10.2. The van der Waals surface area contributed by atoms with Crippen molar-refractivity contribution in [2.75, 3.05) is 5.32 Å². The summed E-state index contributed by atoms with van der Waals surface area (Å²) in [6.07, 6.45) is 0. The number of anilines is 1. The van der Waals surface area contributed by atoms with Crippen molar-refractivity contribution in [2.45, 2.75) is 6.54 Å². The van der Waals surface area contributed by atoms with Crippen LogP contribution >= 0.6 is 11.6 Å². The van der Waals surface area contributed by atoms with E-state index in [0.29, 0.717) is 10.6 Å². The summed E-state index contributed by atoms with van der Waals surface area (Å²) in [6.45, 7) is -0.357. The maximum Gasteiger partial charge on any atom is 0.253 e. The zero-order valence-corrected chi connectivity index (χ0v) is 12.4. The van der Waals surface area contributed by atoms with Gasteiger partial charge in [-0.3, -0.25) is 0 Å². The normalized spacial score (nSPS) is 10.9. The Morgan fingerprint density at radius 1 is 1.04 bits per heavy atom.